The maximum absolute atomic E-state index is 13.8. The maximum Gasteiger partial charge on any atom is 0.329 e. The molecule has 214 valence electrons. The smallest absolute Gasteiger partial charge is 0.329 e. The summed E-state index contributed by atoms with van der Waals surface area (Å²) in [6.45, 7) is 2.17. The minimum absolute atomic E-state index is 0.0643. The highest BCUT2D eigenvalue weighted by Gasteiger charge is 2.22. The Bertz CT molecular complexity index is 1790. The van der Waals surface area contributed by atoms with E-state index in [9.17, 15) is 9.59 Å². The molecule has 7 heteroatoms. The molecule has 2 heterocycles. The van der Waals surface area contributed by atoms with Gasteiger partial charge >= 0.3 is 5.97 Å². The number of oxazole rings is 1. The molecule has 6 aromatic rings. The molecule has 0 aliphatic heterocycles. The second-order valence-electron chi connectivity index (χ2n) is 10.4. The van der Waals surface area contributed by atoms with Crippen molar-refractivity contribution in [2.45, 2.75) is 25.8 Å². The quantitative estimate of drug-likeness (QED) is 0.175. The van der Waals surface area contributed by atoms with E-state index in [1.165, 1.54) is 22.8 Å². The van der Waals surface area contributed by atoms with Crippen LogP contribution in [0.1, 0.15) is 46.4 Å². The fourth-order valence-electron chi connectivity index (χ4n) is 5.44. The van der Waals surface area contributed by atoms with Gasteiger partial charge < -0.3 is 14.2 Å². The van der Waals surface area contributed by atoms with Crippen molar-refractivity contribution in [2.24, 2.45) is 0 Å². The normalized spacial score (nSPS) is 11.1. The molecule has 6 rings (SSSR count). The van der Waals surface area contributed by atoms with Crippen LogP contribution in [0.5, 0.6) is 0 Å². The maximum atomic E-state index is 13.8. The number of rotatable bonds is 10. The first-order chi connectivity index (χ1) is 21.1. The summed E-state index contributed by atoms with van der Waals surface area (Å²) < 4.78 is 7.37. The fourth-order valence-corrected chi connectivity index (χ4v) is 5.44. The monoisotopic (exact) mass is 569 g/mol. The lowest BCUT2D eigenvalue weighted by Gasteiger charge is -2.25. The molecule has 0 spiro atoms. The molecule has 0 N–H and O–H groups in total. The van der Waals surface area contributed by atoms with Crippen LogP contribution in [0.15, 0.2) is 132 Å². The first-order valence-corrected chi connectivity index (χ1v) is 14.2. The highest BCUT2D eigenvalue weighted by atomic mass is 16.7. The van der Waals surface area contributed by atoms with E-state index in [2.05, 4.69) is 48.5 Å². The summed E-state index contributed by atoms with van der Waals surface area (Å²) >= 11 is 0. The van der Waals surface area contributed by atoms with Gasteiger partial charge in [0.15, 0.2) is 0 Å². The van der Waals surface area contributed by atoms with Crippen LogP contribution in [0, 0.1) is 0 Å². The van der Waals surface area contributed by atoms with Gasteiger partial charge in [-0.3, -0.25) is 4.79 Å². The number of benzene rings is 4. The lowest BCUT2D eigenvalue weighted by molar-refractivity contribution is -0.140. The summed E-state index contributed by atoms with van der Waals surface area (Å²) in [5.41, 5.74) is 5.17. The van der Waals surface area contributed by atoms with Crippen molar-refractivity contribution in [3.63, 3.8) is 0 Å². The molecule has 0 unspecified atom stereocenters. The van der Waals surface area contributed by atoms with Gasteiger partial charge in [-0.15, -0.1) is 0 Å². The molecule has 0 bridgehead atoms. The van der Waals surface area contributed by atoms with Crippen LogP contribution in [-0.2, 0) is 11.3 Å². The van der Waals surface area contributed by atoms with E-state index in [1.54, 1.807) is 12.5 Å². The van der Waals surface area contributed by atoms with Gasteiger partial charge in [0.25, 0.3) is 5.91 Å². The van der Waals surface area contributed by atoms with Gasteiger partial charge in [0.2, 0.25) is 5.89 Å². The van der Waals surface area contributed by atoms with Crippen molar-refractivity contribution in [1.82, 2.24) is 14.6 Å². The second-order valence-corrected chi connectivity index (χ2v) is 10.4. The average Bonchev–Trinajstić information content (AvgIpc) is 3.68. The summed E-state index contributed by atoms with van der Waals surface area (Å²) in [5, 5.41) is 0.836. The molecular weight excluding hydrogens is 538 g/mol. The highest BCUT2D eigenvalue weighted by molar-refractivity contribution is 5.94. The Hall–Kier alpha value is -5.43. The Morgan fingerprint density at radius 2 is 1.49 bits per heavy atom. The number of amides is 1. The van der Waals surface area contributed by atoms with Crippen molar-refractivity contribution in [2.75, 3.05) is 6.54 Å². The Labute approximate surface area is 249 Å². The van der Waals surface area contributed by atoms with Gasteiger partial charge in [0.05, 0.1) is 17.8 Å². The summed E-state index contributed by atoms with van der Waals surface area (Å²) in [5.74, 6) is 0.0803. The Balaban J connectivity index is 1.28. The van der Waals surface area contributed by atoms with E-state index >= 15 is 0 Å². The predicted octanol–water partition coefficient (Wildman–Crippen LogP) is 7.14. The van der Waals surface area contributed by atoms with Crippen LogP contribution in [-0.4, -0.2) is 33.0 Å². The molecule has 0 atom stereocenters. The van der Waals surface area contributed by atoms with Crippen LogP contribution >= 0.6 is 0 Å². The molecule has 2 aromatic heterocycles. The van der Waals surface area contributed by atoms with Crippen LogP contribution in [0.25, 0.3) is 22.4 Å². The number of hydrogen-bond donors (Lipinski definition) is 0. The lowest BCUT2D eigenvalue weighted by atomic mass is 9.88. The van der Waals surface area contributed by atoms with E-state index in [4.69, 9.17) is 14.2 Å². The standard InChI is InChI=1S/C36H31N3O4/c1-26(40)43-39-23-21-32-33(18-11-19-34(32)39)35-37-30(25-42-35)24-38(36(41)29-16-9-4-10-17-29)22-20-31(27-12-5-2-6-13-27)28-14-7-3-8-15-28/h2-19,21,23,25,31H,20,22,24H2,1H3. The zero-order valence-electron chi connectivity index (χ0n) is 23.8. The third kappa shape index (κ3) is 6.26. The third-order valence-electron chi connectivity index (χ3n) is 7.46. The zero-order chi connectivity index (χ0) is 29.6. The van der Waals surface area contributed by atoms with Crippen molar-refractivity contribution in [1.29, 1.82) is 0 Å². The van der Waals surface area contributed by atoms with Crippen molar-refractivity contribution >= 4 is 22.8 Å². The van der Waals surface area contributed by atoms with Crippen LogP contribution in [0.2, 0.25) is 0 Å². The lowest BCUT2D eigenvalue weighted by Crippen LogP contribution is -2.32. The largest absolute Gasteiger partial charge is 0.444 e. The van der Waals surface area contributed by atoms with Crippen LogP contribution in [0.4, 0.5) is 0 Å². The number of carbonyl (C=O) groups is 2. The van der Waals surface area contributed by atoms with Gasteiger partial charge in [0, 0.05) is 42.1 Å². The zero-order valence-corrected chi connectivity index (χ0v) is 23.8. The topological polar surface area (TPSA) is 77.6 Å². The molecule has 0 radical (unpaired) electrons. The molecule has 1 amide bonds. The number of carbonyl (C=O) groups excluding carboxylic acids is 2. The van der Waals surface area contributed by atoms with Gasteiger partial charge in [-0.2, -0.15) is 4.73 Å². The number of aromatic nitrogens is 2. The number of fused-ring (bicyclic) bond motifs is 1. The minimum atomic E-state index is -0.411. The van der Waals surface area contributed by atoms with Crippen molar-refractivity contribution < 1.29 is 18.8 Å². The van der Waals surface area contributed by atoms with Crippen molar-refractivity contribution in [3.05, 3.63) is 150 Å². The first kappa shape index (κ1) is 27.7. The van der Waals surface area contributed by atoms with Crippen LogP contribution in [0.3, 0.4) is 0 Å². The molecule has 0 aliphatic carbocycles. The summed E-state index contributed by atoms with van der Waals surface area (Å²) in [6, 6.07) is 37.6. The first-order valence-electron chi connectivity index (χ1n) is 14.2. The van der Waals surface area contributed by atoms with Gasteiger partial charge in [-0.05, 0) is 47.9 Å². The molecule has 43 heavy (non-hydrogen) atoms. The minimum Gasteiger partial charge on any atom is -0.444 e. The molecule has 0 fully saturated rings. The average molecular weight is 570 g/mol. The second kappa shape index (κ2) is 12.6. The number of hydrogen-bond acceptors (Lipinski definition) is 5. The van der Waals surface area contributed by atoms with Gasteiger partial charge in [-0.1, -0.05) is 84.9 Å². The molecular formula is C36H31N3O4. The Kier molecular flexibility index (Phi) is 8.13. The molecule has 0 saturated carbocycles. The molecule has 0 saturated heterocycles. The number of nitrogens with zero attached hydrogens (tertiary/aromatic N) is 3. The summed E-state index contributed by atoms with van der Waals surface area (Å²) in [6.07, 6.45) is 4.03. The van der Waals surface area contributed by atoms with E-state index in [0.717, 1.165) is 22.9 Å². The fraction of sp³-hybridized carbons (Fsp3) is 0.139. The Morgan fingerprint density at radius 1 is 0.837 bits per heavy atom. The Morgan fingerprint density at radius 3 is 2.14 bits per heavy atom. The highest BCUT2D eigenvalue weighted by Crippen LogP contribution is 2.31. The molecule has 0 aliphatic rings. The van der Waals surface area contributed by atoms with E-state index in [0.29, 0.717) is 23.7 Å². The van der Waals surface area contributed by atoms with E-state index < -0.39 is 5.97 Å². The predicted molar refractivity (Wildman–Crippen MR) is 165 cm³/mol. The SMILES string of the molecule is CC(=O)On1ccc2c(-c3nc(CN(CCC(c4ccccc4)c4ccccc4)C(=O)c4ccccc4)co3)cccc21. The molecule has 7 nitrogen and oxygen atoms in total. The third-order valence-corrected chi connectivity index (χ3v) is 7.46. The van der Waals surface area contributed by atoms with Gasteiger partial charge in [-0.25, -0.2) is 9.78 Å². The molecule has 4 aromatic carbocycles. The summed E-state index contributed by atoms with van der Waals surface area (Å²) in [7, 11) is 0. The van der Waals surface area contributed by atoms with Crippen LogP contribution < -0.4 is 4.84 Å². The summed E-state index contributed by atoms with van der Waals surface area (Å²) in [4.78, 5) is 37.2. The van der Waals surface area contributed by atoms with Gasteiger partial charge in [0.1, 0.15) is 6.26 Å². The van der Waals surface area contributed by atoms with E-state index in [1.807, 2.05) is 71.6 Å². The van der Waals surface area contributed by atoms with E-state index in [-0.39, 0.29) is 18.4 Å². The van der Waals surface area contributed by atoms with Crippen molar-refractivity contribution in [3.8, 4) is 11.5 Å².